The Balaban J connectivity index is 0. The summed E-state index contributed by atoms with van der Waals surface area (Å²) >= 11 is -6.81. The van der Waals surface area contributed by atoms with Crippen molar-refractivity contribution in [3.63, 3.8) is 0 Å². The molecule has 0 unspecified atom stereocenters. The average Bonchev–Trinajstić information content (AvgIpc) is 1.27. The van der Waals surface area contributed by atoms with Gasteiger partial charge in [-0.25, -0.2) is 0 Å². The van der Waals surface area contributed by atoms with Crippen LogP contribution in [0.1, 0.15) is 0 Å². The second kappa shape index (κ2) is 5.14. The molecular weight excluding hydrogens is 206 g/mol. The van der Waals surface area contributed by atoms with E-state index in [2.05, 4.69) is 0 Å². The molecule has 0 aromatic rings. The number of rotatable bonds is 0. The molecule has 0 radical (unpaired) electrons. The molecular formula is HMn2O6. The van der Waals surface area contributed by atoms with E-state index >= 15 is 0 Å². The van der Waals surface area contributed by atoms with Gasteiger partial charge >= 0.3 is 51.2 Å². The number of hydrogen-bond acceptors (Lipinski definition) is 5. The van der Waals surface area contributed by atoms with Crippen molar-refractivity contribution in [2.45, 2.75) is 0 Å². The van der Waals surface area contributed by atoms with Crippen LogP contribution < -0.4 is 0 Å². The van der Waals surface area contributed by atoms with E-state index in [-0.39, 0.29) is 0 Å². The summed E-state index contributed by atoms with van der Waals surface area (Å²) in [5.74, 6) is 0. The molecule has 8 heteroatoms. The van der Waals surface area contributed by atoms with E-state index in [1.807, 2.05) is 0 Å². The van der Waals surface area contributed by atoms with E-state index < -0.39 is 27.8 Å². The quantitative estimate of drug-likeness (QED) is 0.502. The first-order valence-electron chi connectivity index (χ1n) is 0.941. The molecule has 0 spiro atoms. The predicted molar refractivity (Wildman–Crippen MR) is 5.65 cm³/mol. The van der Waals surface area contributed by atoms with Crippen LogP contribution in [0.2, 0.25) is 0 Å². The van der Waals surface area contributed by atoms with Gasteiger partial charge in [-0.3, -0.25) is 0 Å². The Kier molecular flexibility index (Phi) is 7.00. The zero-order chi connectivity index (χ0) is 7.21. The molecule has 0 aliphatic heterocycles. The van der Waals surface area contributed by atoms with Gasteiger partial charge in [-0.1, -0.05) is 0 Å². The minimum absolute atomic E-state index is 1.44. The van der Waals surface area contributed by atoms with E-state index in [4.69, 9.17) is 23.4 Å². The Bertz CT molecular complexity index is 190. The fraction of sp³-hybridized carbons (Fsp3) is 0. The fourth-order valence-corrected chi connectivity index (χ4v) is 0. The summed E-state index contributed by atoms with van der Waals surface area (Å²) in [4.78, 5) is 0. The summed E-state index contributed by atoms with van der Waals surface area (Å²) in [5.41, 5.74) is 0. The van der Waals surface area contributed by atoms with Crippen LogP contribution >= 0.6 is 0 Å². The topological polar surface area (TPSA) is 106 Å². The molecule has 0 aliphatic carbocycles. The van der Waals surface area contributed by atoms with Crippen molar-refractivity contribution in [3.05, 3.63) is 0 Å². The van der Waals surface area contributed by atoms with Gasteiger partial charge in [0.1, 0.15) is 0 Å². The average molecular weight is 207 g/mol. The third kappa shape index (κ3) is 139000000. The summed E-state index contributed by atoms with van der Waals surface area (Å²) in [7, 11) is 0. The van der Waals surface area contributed by atoms with Gasteiger partial charge < -0.3 is 0 Å². The summed E-state index contributed by atoms with van der Waals surface area (Å²) < 4.78 is 49.9. The van der Waals surface area contributed by atoms with Gasteiger partial charge in [0.2, 0.25) is 0 Å². The predicted octanol–water partition coefficient (Wildman–Crippen LogP) is -1.16. The molecule has 0 saturated heterocycles. The molecule has 8 heavy (non-hydrogen) atoms. The van der Waals surface area contributed by atoms with Crippen LogP contribution in [0.3, 0.4) is 0 Å². The van der Waals surface area contributed by atoms with Crippen molar-refractivity contribution in [2.75, 3.05) is 0 Å². The zero-order valence-electron chi connectivity index (χ0n) is 3.24. The van der Waals surface area contributed by atoms with Gasteiger partial charge in [-0.05, 0) is 0 Å². The Labute approximate surface area is 51.6 Å². The molecule has 51 valence electrons. The molecule has 0 bridgehead atoms. The minimum atomic E-state index is -5.38. The van der Waals surface area contributed by atoms with Gasteiger partial charge in [0.25, 0.3) is 0 Å². The molecule has 0 aromatic carbocycles. The molecule has 0 heterocycles. The molecule has 0 rings (SSSR count). The van der Waals surface area contributed by atoms with Crippen molar-refractivity contribution in [1.82, 2.24) is 0 Å². The van der Waals surface area contributed by atoms with E-state index in [0.29, 0.717) is 0 Å². The number of hydrogen-bond donors (Lipinski definition) is 1. The fourth-order valence-electron chi connectivity index (χ4n) is 0. The van der Waals surface area contributed by atoms with Gasteiger partial charge in [-0.2, -0.15) is 0 Å². The molecule has 0 fully saturated rings. The first-order valence-corrected chi connectivity index (χ1v) is 3.88. The molecule has 1 N–H and O–H groups in total. The van der Waals surface area contributed by atoms with E-state index in [0.717, 1.165) is 0 Å². The summed E-state index contributed by atoms with van der Waals surface area (Å²) in [6.45, 7) is 0. The third-order valence-electron chi connectivity index (χ3n) is 0. The third-order valence-corrected chi connectivity index (χ3v) is 0. The summed E-state index contributed by atoms with van der Waals surface area (Å²) in [6, 6.07) is 0. The van der Waals surface area contributed by atoms with E-state index in [1.54, 1.807) is 0 Å². The van der Waals surface area contributed by atoms with Crippen LogP contribution in [0.25, 0.3) is 0 Å². The monoisotopic (exact) mass is 207 g/mol. The maximum absolute atomic E-state index is 8.69. The van der Waals surface area contributed by atoms with Crippen molar-refractivity contribution in [2.24, 2.45) is 0 Å². The van der Waals surface area contributed by atoms with Crippen LogP contribution in [0.15, 0.2) is 0 Å². The standard InChI is InChI=1S/2Mn.H2O.5O/h;;1H2;;;;;/q;+1;;;;;;/p-1. The van der Waals surface area contributed by atoms with Gasteiger partial charge in [-0.15, -0.1) is 0 Å². The normalized spacial score (nSPS) is 8.62. The molecule has 0 saturated carbocycles. The van der Waals surface area contributed by atoms with Gasteiger partial charge in [0.15, 0.2) is 0 Å². The van der Waals surface area contributed by atoms with Crippen molar-refractivity contribution in [3.8, 4) is 0 Å². The van der Waals surface area contributed by atoms with Crippen molar-refractivity contribution in [1.29, 1.82) is 0 Å². The summed E-state index contributed by atoms with van der Waals surface area (Å²) in [6.07, 6.45) is 0. The first kappa shape index (κ1) is 10.9. The van der Waals surface area contributed by atoms with Gasteiger partial charge in [0.05, 0.1) is 0 Å². The summed E-state index contributed by atoms with van der Waals surface area (Å²) in [5, 5.41) is 0. The van der Waals surface area contributed by atoms with Gasteiger partial charge in [0, 0.05) is 0 Å². The van der Waals surface area contributed by atoms with Crippen LogP contribution in [0.5, 0.6) is 0 Å². The Hall–Kier alpha value is -0.00104. The van der Waals surface area contributed by atoms with E-state index in [9.17, 15) is 0 Å². The molecule has 0 aromatic heterocycles. The Morgan fingerprint density at radius 1 is 1.12 bits per heavy atom. The Morgan fingerprint density at radius 3 is 1.12 bits per heavy atom. The molecule has 0 amide bonds. The van der Waals surface area contributed by atoms with Crippen LogP contribution in [-0.2, 0) is 47.0 Å². The zero-order valence-corrected chi connectivity index (χ0v) is 5.61. The SMILES string of the molecule is [O]=[Mn](=[O])(=[O])[OH].[O]=[Mn]=[O]. The van der Waals surface area contributed by atoms with Crippen LogP contribution in [0, 0.1) is 0 Å². The van der Waals surface area contributed by atoms with E-state index in [1.165, 1.54) is 0 Å². The van der Waals surface area contributed by atoms with Crippen molar-refractivity contribution >= 4 is 0 Å². The second-order valence-electron chi connectivity index (χ2n) is 0.459. The maximum atomic E-state index is 8.69. The van der Waals surface area contributed by atoms with Crippen LogP contribution in [0.4, 0.5) is 0 Å². The second-order valence-corrected chi connectivity index (χ2v) is 1.89. The molecule has 0 atom stereocenters. The Morgan fingerprint density at radius 2 is 1.12 bits per heavy atom. The molecule has 0 aliphatic rings. The van der Waals surface area contributed by atoms with Crippen molar-refractivity contribution < 1.29 is 51.2 Å². The molecule has 6 nitrogen and oxygen atoms in total. The first-order chi connectivity index (χ1) is 3.41. The van der Waals surface area contributed by atoms with Crippen LogP contribution in [-0.4, -0.2) is 4.19 Å².